The van der Waals surface area contributed by atoms with Crippen molar-refractivity contribution in [2.24, 2.45) is 0 Å². The van der Waals surface area contributed by atoms with Crippen LogP contribution in [0.5, 0.6) is 0 Å². The molecule has 352 valence electrons. The second kappa shape index (κ2) is 50.2. The maximum Gasteiger partial charge on any atom is 0.306 e. The number of hydrogen-bond acceptors (Lipinski definition) is 6. The summed E-state index contributed by atoms with van der Waals surface area (Å²) in [6, 6.07) is 0. The quantitative estimate of drug-likeness (QED) is 0.0263. The molecule has 6 nitrogen and oxygen atoms in total. The van der Waals surface area contributed by atoms with Crippen molar-refractivity contribution in [3.8, 4) is 0 Å². The van der Waals surface area contributed by atoms with Gasteiger partial charge in [0.2, 0.25) is 0 Å². The average molecular weight is 869 g/mol. The smallest absolute Gasteiger partial charge is 0.306 e. The van der Waals surface area contributed by atoms with Crippen LogP contribution in [0, 0.1) is 0 Å². The van der Waals surface area contributed by atoms with Gasteiger partial charge in [0.05, 0.1) is 0 Å². The Kier molecular flexibility index (Phi) is 46.7. The third kappa shape index (κ3) is 48.4. The third-order valence-electron chi connectivity index (χ3n) is 9.63. The van der Waals surface area contributed by atoms with Crippen LogP contribution in [-0.2, 0) is 28.6 Å². The monoisotopic (exact) mass is 869 g/mol. The van der Waals surface area contributed by atoms with Gasteiger partial charge in [-0.15, -0.1) is 0 Å². The van der Waals surface area contributed by atoms with Crippen LogP contribution in [0.3, 0.4) is 0 Å². The number of allylic oxidation sites excluding steroid dienone is 22. The maximum atomic E-state index is 12.7. The summed E-state index contributed by atoms with van der Waals surface area (Å²) in [7, 11) is 0. The fourth-order valence-corrected chi connectivity index (χ4v) is 6.03. The van der Waals surface area contributed by atoms with Crippen molar-refractivity contribution in [2.75, 3.05) is 13.2 Å². The molecule has 6 heteroatoms. The Hall–Kier alpha value is -4.45. The molecular formula is C57H88O6. The molecule has 0 spiro atoms. The van der Waals surface area contributed by atoms with Crippen LogP contribution in [0.1, 0.15) is 188 Å². The van der Waals surface area contributed by atoms with E-state index in [0.717, 1.165) is 122 Å². The van der Waals surface area contributed by atoms with E-state index < -0.39 is 6.10 Å². The first kappa shape index (κ1) is 58.6. The van der Waals surface area contributed by atoms with Gasteiger partial charge in [-0.25, -0.2) is 0 Å². The predicted octanol–water partition coefficient (Wildman–Crippen LogP) is 16.3. The SMILES string of the molecule is CC/C=C\C/C=C\C/C=C\C/C=C\C/C=C\CCCC(=O)OC(COC(=O)CCCC/C=C\C/C=C\CC)COC(=O)CCCCCCCC/C=C\C/C=C\C/C=C\C/C=C\CC. The van der Waals surface area contributed by atoms with Gasteiger partial charge in [-0.1, -0.05) is 180 Å². The van der Waals surface area contributed by atoms with E-state index in [1.807, 2.05) is 0 Å². The molecule has 0 rings (SSSR count). The fraction of sp³-hybridized carbons (Fsp3) is 0.561. The van der Waals surface area contributed by atoms with Gasteiger partial charge in [0.1, 0.15) is 13.2 Å². The number of carbonyl (C=O) groups is 3. The first-order chi connectivity index (χ1) is 31.0. The van der Waals surface area contributed by atoms with E-state index in [1.54, 1.807) is 0 Å². The zero-order chi connectivity index (χ0) is 45.8. The topological polar surface area (TPSA) is 78.9 Å². The van der Waals surface area contributed by atoms with E-state index >= 15 is 0 Å². The number of ether oxygens (including phenoxy) is 3. The van der Waals surface area contributed by atoms with Crippen molar-refractivity contribution in [2.45, 2.75) is 194 Å². The lowest BCUT2D eigenvalue weighted by atomic mass is 10.1. The maximum absolute atomic E-state index is 12.7. The largest absolute Gasteiger partial charge is 0.462 e. The molecule has 0 heterocycles. The summed E-state index contributed by atoms with van der Waals surface area (Å²) in [5.74, 6) is -1.05. The number of hydrogen-bond donors (Lipinski definition) is 0. The van der Waals surface area contributed by atoms with Gasteiger partial charge in [-0.05, 0) is 122 Å². The lowest BCUT2D eigenvalue weighted by Gasteiger charge is -2.18. The van der Waals surface area contributed by atoms with Gasteiger partial charge >= 0.3 is 17.9 Å². The van der Waals surface area contributed by atoms with E-state index in [4.69, 9.17) is 14.2 Å². The molecule has 0 fully saturated rings. The van der Waals surface area contributed by atoms with Gasteiger partial charge in [0, 0.05) is 19.3 Å². The molecule has 0 saturated heterocycles. The molecule has 0 aliphatic heterocycles. The van der Waals surface area contributed by atoms with E-state index in [1.165, 1.54) is 12.8 Å². The average Bonchev–Trinajstić information content (AvgIpc) is 3.28. The molecule has 63 heavy (non-hydrogen) atoms. The summed E-state index contributed by atoms with van der Waals surface area (Å²) in [5.41, 5.74) is 0. The van der Waals surface area contributed by atoms with Crippen LogP contribution in [-0.4, -0.2) is 37.2 Å². The highest BCUT2D eigenvalue weighted by molar-refractivity contribution is 5.71. The summed E-state index contributed by atoms with van der Waals surface area (Å²) < 4.78 is 16.6. The van der Waals surface area contributed by atoms with Gasteiger partial charge in [0.15, 0.2) is 6.10 Å². The van der Waals surface area contributed by atoms with Crippen LogP contribution >= 0.6 is 0 Å². The Labute approximate surface area is 385 Å². The van der Waals surface area contributed by atoms with Gasteiger partial charge in [-0.2, -0.15) is 0 Å². The van der Waals surface area contributed by atoms with Crippen molar-refractivity contribution >= 4 is 17.9 Å². The second-order valence-electron chi connectivity index (χ2n) is 15.6. The van der Waals surface area contributed by atoms with Gasteiger partial charge in [-0.3, -0.25) is 14.4 Å². The van der Waals surface area contributed by atoms with E-state index in [0.29, 0.717) is 25.7 Å². The molecular weight excluding hydrogens is 781 g/mol. The zero-order valence-corrected chi connectivity index (χ0v) is 40.0. The molecule has 0 aromatic heterocycles. The second-order valence-corrected chi connectivity index (χ2v) is 15.6. The minimum Gasteiger partial charge on any atom is -0.462 e. The molecule has 0 radical (unpaired) electrons. The Morgan fingerprint density at radius 3 is 0.968 bits per heavy atom. The molecule has 1 atom stereocenters. The number of unbranched alkanes of at least 4 members (excludes halogenated alkanes) is 9. The number of esters is 3. The Morgan fingerprint density at radius 2 is 0.587 bits per heavy atom. The first-order valence-electron chi connectivity index (χ1n) is 24.7. The Morgan fingerprint density at radius 1 is 0.317 bits per heavy atom. The fourth-order valence-electron chi connectivity index (χ4n) is 6.03. The Balaban J connectivity index is 4.49. The van der Waals surface area contributed by atoms with Crippen LogP contribution in [0.25, 0.3) is 0 Å². The summed E-state index contributed by atoms with van der Waals surface area (Å²) in [4.78, 5) is 37.8. The molecule has 0 bridgehead atoms. The first-order valence-corrected chi connectivity index (χ1v) is 24.7. The molecule has 0 aromatic rings. The highest BCUT2D eigenvalue weighted by Crippen LogP contribution is 2.11. The predicted molar refractivity (Wildman–Crippen MR) is 269 cm³/mol. The van der Waals surface area contributed by atoms with Crippen molar-refractivity contribution < 1.29 is 28.6 Å². The highest BCUT2D eigenvalue weighted by Gasteiger charge is 2.19. The molecule has 0 amide bonds. The third-order valence-corrected chi connectivity index (χ3v) is 9.63. The lowest BCUT2D eigenvalue weighted by molar-refractivity contribution is -0.167. The Bertz CT molecular complexity index is 1420. The van der Waals surface area contributed by atoms with Crippen LogP contribution in [0.2, 0.25) is 0 Å². The van der Waals surface area contributed by atoms with Gasteiger partial charge < -0.3 is 14.2 Å². The van der Waals surface area contributed by atoms with Gasteiger partial charge in [0.25, 0.3) is 0 Å². The standard InChI is InChI=1S/C57H88O6/c1-4-7-10-13-16-19-21-23-25-27-28-30-31-33-35-38-41-44-47-50-56(59)62-53-54(52-61-55(58)49-46-43-40-37-18-15-12-9-6-3)63-57(60)51-48-45-42-39-36-34-32-29-26-24-22-20-17-14-11-8-5-2/h7-12,16-20,23-26,28,30,32,34,37,39,42,54H,4-6,13-15,21-22,27,29,31,33,35-36,38,40-41,43-53H2,1-3H3/b10-7-,11-8-,12-9-,19-16-,20-17-,25-23-,26-24-,30-28-,34-32-,37-18-,42-39-. The molecule has 0 aliphatic rings. The summed E-state index contributed by atoms with van der Waals surface area (Å²) in [6.45, 7) is 6.16. The highest BCUT2D eigenvalue weighted by atomic mass is 16.6. The zero-order valence-electron chi connectivity index (χ0n) is 40.0. The molecule has 1 unspecified atom stereocenters. The van der Waals surface area contributed by atoms with Crippen molar-refractivity contribution in [3.05, 3.63) is 134 Å². The van der Waals surface area contributed by atoms with Crippen LogP contribution in [0.4, 0.5) is 0 Å². The molecule has 0 aromatic carbocycles. The minimum atomic E-state index is -0.830. The van der Waals surface area contributed by atoms with E-state index in [2.05, 4.69) is 154 Å². The summed E-state index contributed by atoms with van der Waals surface area (Å²) in [5, 5.41) is 0. The number of carbonyl (C=O) groups excluding carboxylic acids is 3. The summed E-state index contributed by atoms with van der Waals surface area (Å²) in [6.07, 6.45) is 70.3. The van der Waals surface area contributed by atoms with E-state index in [-0.39, 0.29) is 37.5 Å². The van der Waals surface area contributed by atoms with Crippen molar-refractivity contribution in [1.29, 1.82) is 0 Å². The minimum absolute atomic E-state index is 0.124. The normalized spacial score (nSPS) is 13.3. The van der Waals surface area contributed by atoms with Crippen molar-refractivity contribution in [1.82, 2.24) is 0 Å². The lowest BCUT2D eigenvalue weighted by Crippen LogP contribution is -2.30. The molecule has 0 saturated carbocycles. The molecule has 0 N–H and O–H groups in total. The molecule has 0 aliphatic carbocycles. The van der Waals surface area contributed by atoms with Crippen molar-refractivity contribution in [3.63, 3.8) is 0 Å². The van der Waals surface area contributed by atoms with Crippen LogP contribution in [0.15, 0.2) is 134 Å². The van der Waals surface area contributed by atoms with E-state index in [9.17, 15) is 14.4 Å². The number of rotatable bonds is 42. The van der Waals surface area contributed by atoms with Crippen LogP contribution < -0.4 is 0 Å². The summed E-state index contributed by atoms with van der Waals surface area (Å²) >= 11 is 0.